The zero-order valence-electron chi connectivity index (χ0n) is 8.75. The van der Waals surface area contributed by atoms with Gasteiger partial charge in [0.2, 0.25) is 0 Å². The van der Waals surface area contributed by atoms with E-state index in [1.165, 1.54) is 0 Å². The largest absolute Gasteiger partial charge is 0.496 e. The minimum absolute atomic E-state index is 0.178. The third-order valence-electron chi connectivity index (χ3n) is 2.57. The van der Waals surface area contributed by atoms with Crippen molar-refractivity contribution in [1.29, 1.82) is 0 Å². The van der Waals surface area contributed by atoms with E-state index < -0.39 is 0 Å². The summed E-state index contributed by atoms with van der Waals surface area (Å²) < 4.78 is 7.62. The van der Waals surface area contributed by atoms with Crippen molar-refractivity contribution in [3.63, 3.8) is 0 Å². The number of benzene rings is 1. The van der Waals surface area contributed by atoms with Crippen molar-refractivity contribution >= 4 is 31.9 Å². The molecule has 1 aromatic carbocycles. The summed E-state index contributed by atoms with van der Waals surface area (Å²) in [5.74, 6) is 0.884. The standard InChI is InChI=1S/C12H13Br2NO/c13-8-4-5-9(10(14)7-8)12(15)11-3-1-2-6-16-11/h3-5,7,12H,1-2,6,15H2. The summed E-state index contributed by atoms with van der Waals surface area (Å²) in [7, 11) is 0. The second-order valence-corrected chi connectivity index (χ2v) is 5.51. The Morgan fingerprint density at radius 2 is 2.12 bits per heavy atom. The van der Waals surface area contributed by atoms with Gasteiger partial charge in [0.05, 0.1) is 12.6 Å². The molecule has 1 aromatic rings. The first-order valence-corrected chi connectivity index (χ1v) is 6.80. The van der Waals surface area contributed by atoms with Gasteiger partial charge < -0.3 is 10.5 Å². The van der Waals surface area contributed by atoms with Crippen LogP contribution >= 0.6 is 31.9 Å². The second-order valence-electron chi connectivity index (χ2n) is 3.74. The van der Waals surface area contributed by atoms with E-state index in [2.05, 4.69) is 37.9 Å². The normalized spacial score (nSPS) is 17.6. The molecule has 0 aliphatic carbocycles. The van der Waals surface area contributed by atoms with Crippen molar-refractivity contribution in [2.45, 2.75) is 18.9 Å². The van der Waals surface area contributed by atoms with Crippen LogP contribution in [0.3, 0.4) is 0 Å². The van der Waals surface area contributed by atoms with E-state index in [1.807, 2.05) is 18.2 Å². The lowest BCUT2D eigenvalue weighted by molar-refractivity contribution is 0.175. The number of nitrogens with two attached hydrogens (primary N) is 1. The van der Waals surface area contributed by atoms with E-state index in [-0.39, 0.29) is 6.04 Å². The van der Waals surface area contributed by atoms with Gasteiger partial charge in [-0.05, 0) is 36.6 Å². The van der Waals surface area contributed by atoms with Crippen LogP contribution in [-0.4, -0.2) is 6.61 Å². The molecule has 4 heteroatoms. The minimum Gasteiger partial charge on any atom is -0.496 e. The summed E-state index contributed by atoms with van der Waals surface area (Å²) in [4.78, 5) is 0. The van der Waals surface area contributed by atoms with E-state index in [0.717, 1.165) is 39.7 Å². The summed E-state index contributed by atoms with van der Waals surface area (Å²) >= 11 is 6.95. The number of allylic oxidation sites excluding steroid dienone is 1. The Kier molecular flexibility index (Phi) is 4.05. The Hall–Kier alpha value is -0.320. The predicted octanol–water partition coefficient (Wildman–Crippen LogP) is 3.91. The zero-order chi connectivity index (χ0) is 11.5. The van der Waals surface area contributed by atoms with Crippen molar-refractivity contribution in [2.75, 3.05) is 6.61 Å². The van der Waals surface area contributed by atoms with E-state index in [1.54, 1.807) is 0 Å². The number of halogens is 2. The molecule has 16 heavy (non-hydrogen) atoms. The Morgan fingerprint density at radius 3 is 2.75 bits per heavy atom. The molecule has 1 atom stereocenters. The number of ether oxygens (including phenoxy) is 1. The molecule has 2 rings (SSSR count). The highest BCUT2D eigenvalue weighted by atomic mass is 79.9. The molecule has 0 amide bonds. The molecule has 1 unspecified atom stereocenters. The van der Waals surface area contributed by atoms with E-state index in [9.17, 15) is 0 Å². The molecule has 0 radical (unpaired) electrons. The molecular formula is C12H13Br2NO. The van der Waals surface area contributed by atoms with Crippen molar-refractivity contribution < 1.29 is 4.74 Å². The lowest BCUT2D eigenvalue weighted by atomic mass is 10.0. The smallest absolute Gasteiger partial charge is 0.113 e. The van der Waals surface area contributed by atoms with Crippen LogP contribution < -0.4 is 5.73 Å². The Morgan fingerprint density at radius 1 is 1.31 bits per heavy atom. The van der Waals surface area contributed by atoms with Gasteiger partial charge in [0.25, 0.3) is 0 Å². The third kappa shape index (κ3) is 2.67. The van der Waals surface area contributed by atoms with Crippen LogP contribution in [0.1, 0.15) is 24.4 Å². The van der Waals surface area contributed by atoms with Crippen molar-refractivity contribution in [2.24, 2.45) is 5.73 Å². The lowest BCUT2D eigenvalue weighted by Crippen LogP contribution is -2.18. The van der Waals surface area contributed by atoms with Crippen LogP contribution in [0, 0.1) is 0 Å². The van der Waals surface area contributed by atoms with Crippen LogP contribution in [0.25, 0.3) is 0 Å². The first-order chi connectivity index (χ1) is 7.68. The fourth-order valence-corrected chi connectivity index (χ4v) is 2.99. The van der Waals surface area contributed by atoms with Crippen molar-refractivity contribution in [1.82, 2.24) is 0 Å². The molecule has 86 valence electrons. The van der Waals surface area contributed by atoms with Gasteiger partial charge in [-0.3, -0.25) is 0 Å². The first kappa shape index (κ1) is 12.1. The summed E-state index contributed by atoms with van der Waals surface area (Å²) in [6.07, 6.45) is 4.22. The van der Waals surface area contributed by atoms with Gasteiger partial charge in [0.15, 0.2) is 0 Å². The molecule has 2 nitrogen and oxygen atoms in total. The molecular weight excluding hydrogens is 334 g/mol. The minimum atomic E-state index is -0.178. The number of hydrogen-bond donors (Lipinski definition) is 1. The van der Waals surface area contributed by atoms with Crippen LogP contribution in [0.15, 0.2) is 39.0 Å². The van der Waals surface area contributed by atoms with Crippen molar-refractivity contribution in [3.8, 4) is 0 Å². The average Bonchev–Trinajstić information content (AvgIpc) is 2.29. The van der Waals surface area contributed by atoms with Gasteiger partial charge in [0.1, 0.15) is 5.76 Å². The van der Waals surface area contributed by atoms with Gasteiger partial charge in [-0.2, -0.15) is 0 Å². The first-order valence-electron chi connectivity index (χ1n) is 5.22. The average molecular weight is 347 g/mol. The van der Waals surface area contributed by atoms with Crippen LogP contribution in [-0.2, 0) is 4.74 Å². The fourth-order valence-electron chi connectivity index (χ4n) is 1.70. The molecule has 2 N–H and O–H groups in total. The third-order valence-corrected chi connectivity index (χ3v) is 3.75. The van der Waals surface area contributed by atoms with Gasteiger partial charge in [-0.25, -0.2) is 0 Å². The highest BCUT2D eigenvalue weighted by molar-refractivity contribution is 9.11. The summed E-state index contributed by atoms with van der Waals surface area (Å²) in [6.45, 7) is 0.772. The monoisotopic (exact) mass is 345 g/mol. The molecule has 1 aliphatic rings. The van der Waals surface area contributed by atoms with E-state index in [0.29, 0.717) is 0 Å². The van der Waals surface area contributed by atoms with E-state index in [4.69, 9.17) is 10.5 Å². The van der Waals surface area contributed by atoms with Crippen molar-refractivity contribution in [3.05, 3.63) is 44.5 Å². The molecule has 0 bridgehead atoms. The summed E-state index contributed by atoms with van der Waals surface area (Å²) in [6, 6.07) is 5.82. The lowest BCUT2D eigenvalue weighted by Gasteiger charge is -2.21. The predicted molar refractivity (Wildman–Crippen MR) is 72.0 cm³/mol. The topological polar surface area (TPSA) is 35.2 Å². The summed E-state index contributed by atoms with van der Waals surface area (Å²) in [5, 5.41) is 0. The van der Waals surface area contributed by atoms with Gasteiger partial charge in [-0.1, -0.05) is 37.9 Å². The van der Waals surface area contributed by atoms with Crippen LogP contribution in [0.5, 0.6) is 0 Å². The maximum Gasteiger partial charge on any atom is 0.113 e. The number of hydrogen-bond acceptors (Lipinski definition) is 2. The maximum atomic E-state index is 6.18. The molecule has 0 fully saturated rings. The Balaban J connectivity index is 2.26. The highest BCUT2D eigenvalue weighted by Crippen LogP contribution is 2.31. The van der Waals surface area contributed by atoms with Crippen LogP contribution in [0.2, 0.25) is 0 Å². The van der Waals surface area contributed by atoms with Crippen LogP contribution in [0.4, 0.5) is 0 Å². The zero-order valence-corrected chi connectivity index (χ0v) is 11.9. The van der Waals surface area contributed by atoms with Gasteiger partial charge >= 0.3 is 0 Å². The quantitative estimate of drug-likeness (QED) is 0.881. The molecule has 0 spiro atoms. The number of rotatable bonds is 2. The van der Waals surface area contributed by atoms with Gasteiger partial charge in [-0.15, -0.1) is 0 Å². The molecule has 0 saturated carbocycles. The molecule has 1 heterocycles. The second kappa shape index (κ2) is 5.34. The SMILES string of the molecule is NC(C1=CCCCO1)c1ccc(Br)cc1Br. The Bertz CT molecular complexity index is 417. The van der Waals surface area contributed by atoms with Gasteiger partial charge in [0, 0.05) is 8.95 Å². The maximum absolute atomic E-state index is 6.18. The Labute approximate surface area is 112 Å². The highest BCUT2D eigenvalue weighted by Gasteiger charge is 2.17. The molecule has 1 aliphatic heterocycles. The molecule has 0 aromatic heterocycles. The molecule has 0 saturated heterocycles. The fraction of sp³-hybridized carbons (Fsp3) is 0.333. The van der Waals surface area contributed by atoms with E-state index >= 15 is 0 Å². The summed E-state index contributed by atoms with van der Waals surface area (Å²) in [5.41, 5.74) is 7.23.